The number of hydrogen-bond acceptors (Lipinski definition) is 5. The molecule has 9 heteroatoms. The van der Waals surface area contributed by atoms with Gasteiger partial charge in [-0.05, 0) is 56.7 Å². The summed E-state index contributed by atoms with van der Waals surface area (Å²) in [4.78, 5) is 31.6. The van der Waals surface area contributed by atoms with E-state index >= 15 is 0 Å². The molecule has 2 heterocycles. The SMILES string of the molecule is CS.O=C(NCCCNC(=O)c1cncc(Br)c1)c1cncc(Br)c1. The van der Waals surface area contributed by atoms with Crippen molar-refractivity contribution in [3.63, 3.8) is 0 Å². The fourth-order valence-corrected chi connectivity index (χ4v) is 2.50. The highest BCUT2D eigenvalue weighted by Gasteiger charge is 2.07. The van der Waals surface area contributed by atoms with E-state index in [1.165, 1.54) is 12.4 Å². The van der Waals surface area contributed by atoms with E-state index in [9.17, 15) is 9.59 Å². The Hall–Kier alpha value is -1.45. The summed E-state index contributed by atoms with van der Waals surface area (Å²) in [5, 5.41) is 5.56. The minimum atomic E-state index is -0.193. The van der Waals surface area contributed by atoms with Crippen LogP contribution in [0.5, 0.6) is 0 Å². The minimum absolute atomic E-state index is 0.193. The Morgan fingerprint density at radius 1 is 0.880 bits per heavy atom. The number of halogens is 2. The summed E-state index contributed by atoms with van der Waals surface area (Å²) in [6.45, 7) is 0.921. The van der Waals surface area contributed by atoms with E-state index in [0.29, 0.717) is 30.6 Å². The zero-order valence-corrected chi connectivity index (χ0v) is 17.6. The van der Waals surface area contributed by atoms with E-state index in [0.717, 1.165) is 8.95 Å². The van der Waals surface area contributed by atoms with E-state index in [1.807, 2.05) is 0 Å². The van der Waals surface area contributed by atoms with Crippen molar-refractivity contribution in [2.45, 2.75) is 6.42 Å². The lowest BCUT2D eigenvalue weighted by atomic mass is 10.2. The average Bonchev–Trinajstić information content (AvgIpc) is 2.62. The first kappa shape index (κ1) is 21.6. The maximum Gasteiger partial charge on any atom is 0.252 e. The molecule has 2 N–H and O–H groups in total. The van der Waals surface area contributed by atoms with Gasteiger partial charge in [-0.15, -0.1) is 0 Å². The molecule has 0 atom stereocenters. The molecule has 0 aromatic carbocycles. The molecule has 0 spiro atoms. The van der Waals surface area contributed by atoms with E-state index in [-0.39, 0.29) is 11.8 Å². The molecule has 2 aromatic heterocycles. The zero-order valence-electron chi connectivity index (χ0n) is 13.5. The Morgan fingerprint density at radius 2 is 1.28 bits per heavy atom. The largest absolute Gasteiger partial charge is 0.352 e. The number of amides is 2. The van der Waals surface area contributed by atoms with Crippen LogP contribution in [0.25, 0.3) is 0 Å². The molecular formula is C16H18Br2N4O2S. The number of aromatic nitrogens is 2. The normalized spacial score (nSPS) is 9.60. The monoisotopic (exact) mass is 488 g/mol. The molecule has 0 aliphatic rings. The van der Waals surface area contributed by atoms with Crippen LogP contribution in [0.2, 0.25) is 0 Å². The first-order valence-corrected chi connectivity index (χ1v) is 9.76. The lowest BCUT2D eigenvalue weighted by molar-refractivity contribution is 0.0951. The highest BCUT2D eigenvalue weighted by molar-refractivity contribution is 9.10. The molecule has 0 radical (unpaired) electrons. The van der Waals surface area contributed by atoms with Crippen molar-refractivity contribution < 1.29 is 9.59 Å². The molecular weight excluding hydrogens is 472 g/mol. The maximum atomic E-state index is 11.9. The van der Waals surface area contributed by atoms with Gasteiger partial charge in [0.1, 0.15) is 0 Å². The summed E-state index contributed by atoms with van der Waals surface area (Å²) >= 11 is 10.1. The van der Waals surface area contributed by atoms with Gasteiger partial charge in [0.15, 0.2) is 0 Å². The van der Waals surface area contributed by atoms with Gasteiger partial charge in [-0.25, -0.2) is 0 Å². The third-order valence-corrected chi connectivity index (χ3v) is 3.73. The van der Waals surface area contributed by atoms with Gasteiger partial charge in [-0.3, -0.25) is 19.6 Å². The Morgan fingerprint density at radius 3 is 1.64 bits per heavy atom. The predicted octanol–water partition coefficient (Wildman–Crippen LogP) is 3.10. The van der Waals surface area contributed by atoms with Crippen LogP contribution in [-0.2, 0) is 0 Å². The molecule has 2 amide bonds. The van der Waals surface area contributed by atoms with Crippen molar-refractivity contribution in [1.82, 2.24) is 20.6 Å². The summed E-state index contributed by atoms with van der Waals surface area (Å²) in [5.74, 6) is -0.386. The molecule has 0 fully saturated rings. The van der Waals surface area contributed by atoms with E-state index in [2.05, 4.69) is 65.1 Å². The molecule has 0 saturated carbocycles. The van der Waals surface area contributed by atoms with Crippen LogP contribution in [0.3, 0.4) is 0 Å². The van der Waals surface area contributed by atoms with Gasteiger partial charge in [-0.2, -0.15) is 12.6 Å². The fraction of sp³-hybridized carbons (Fsp3) is 0.250. The van der Waals surface area contributed by atoms with E-state index < -0.39 is 0 Å². The first-order valence-electron chi connectivity index (χ1n) is 7.28. The number of hydrogen-bond donors (Lipinski definition) is 3. The van der Waals surface area contributed by atoms with Crippen LogP contribution in [0.4, 0.5) is 0 Å². The third kappa shape index (κ3) is 7.98. The van der Waals surface area contributed by atoms with Crippen LogP contribution in [0, 0.1) is 0 Å². The topological polar surface area (TPSA) is 84.0 Å². The van der Waals surface area contributed by atoms with Crippen LogP contribution in [-0.4, -0.2) is 41.1 Å². The minimum Gasteiger partial charge on any atom is -0.352 e. The van der Waals surface area contributed by atoms with Crippen LogP contribution in [0.1, 0.15) is 27.1 Å². The molecule has 0 unspecified atom stereocenters. The standard InChI is InChI=1S/C15H14Br2N4O2.CH4S/c16-12-4-10(6-18-8-12)14(22)20-2-1-3-21-15(23)11-5-13(17)9-19-7-11;1-2/h4-9H,1-3H2,(H,20,22)(H,21,23);2H,1H3. The van der Waals surface area contributed by atoms with Gasteiger partial charge in [0.25, 0.3) is 11.8 Å². The Labute approximate surface area is 168 Å². The maximum absolute atomic E-state index is 11.9. The molecule has 0 aliphatic carbocycles. The Bertz CT molecular complexity index is 657. The second-order valence-corrected chi connectivity index (χ2v) is 6.48. The van der Waals surface area contributed by atoms with Crippen molar-refractivity contribution in [2.75, 3.05) is 19.3 Å². The number of carbonyl (C=O) groups is 2. The molecule has 25 heavy (non-hydrogen) atoms. The van der Waals surface area contributed by atoms with Gasteiger partial charge in [0.05, 0.1) is 11.1 Å². The molecule has 2 aromatic rings. The van der Waals surface area contributed by atoms with Gasteiger partial charge < -0.3 is 10.6 Å². The highest BCUT2D eigenvalue weighted by Crippen LogP contribution is 2.10. The third-order valence-electron chi connectivity index (χ3n) is 2.86. The van der Waals surface area contributed by atoms with Gasteiger partial charge in [-0.1, -0.05) is 0 Å². The molecule has 2 rings (SSSR count). The molecule has 0 aliphatic heterocycles. The van der Waals surface area contributed by atoms with Crippen molar-refractivity contribution in [3.05, 3.63) is 57.0 Å². The lowest BCUT2D eigenvalue weighted by Crippen LogP contribution is -2.30. The quantitative estimate of drug-likeness (QED) is 0.430. The first-order chi connectivity index (χ1) is 12.1. The summed E-state index contributed by atoms with van der Waals surface area (Å²) in [7, 11) is 0. The van der Waals surface area contributed by atoms with Crippen molar-refractivity contribution in [1.29, 1.82) is 0 Å². The number of carbonyl (C=O) groups excluding carboxylic acids is 2. The van der Waals surface area contributed by atoms with Gasteiger partial charge in [0.2, 0.25) is 0 Å². The number of pyridine rings is 2. The molecule has 6 nitrogen and oxygen atoms in total. The van der Waals surface area contributed by atoms with Crippen LogP contribution >= 0.6 is 44.5 Å². The van der Waals surface area contributed by atoms with Gasteiger partial charge >= 0.3 is 0 Å². The van der Waals surface area contributed by atoms with Crippen LogP contribution < -0.4 is 10.6 Å². The summed E-state index contributed by atoms with van der Waals surface area (Å²) in [5.41, 5.74) is 0.979. The number of thiol groups is 1. The van der Waals surface area contributed by atoms with Crippen molar-refractivity contribution in [2.24, 2.45) is 0 Å². The molecule has 0 saturated heterocycles. The summed E-state index contributed by atoms with van der Waals surface area (Å²) in [6.07, 6.45) is 8.55. The number of nitrogens with zero attached hydrogens (tertiary/aromatic N) is 2. The summed E-state index contributed by atoms with van der Waals surface area (Å²) < 4.78 is 1.50. The Balaban J connectivity index is 0.00000151. The molecule has 134 valence electrons. The van der Waals surface area contributed by atoms with E-state index in [4.69, 9.17) is 0 Å². The fourth-order valence-electron chi connectivity index (χ4n) is 1.77. The lowest BCUT2D eigenvalue weighted by Gasteiger charge is -2.07. The van der Waals surface area contributed by atoms with E-state index in [1.54, 1.807) is 30.8 Å². The van der Waals surface area contributed by atoms with Crippen molar-refractivity contribution >= 4 is 56.3 Å². The number of rotatable bonds is 6. The number of nitrogens with one attached hydrogen (secondary N) is 2. The highest BCUT2D eigenvalue weighted by atomic mass is 79.9. The second-order valence-electron chi connectivity index (χ2n) is 4.65. The van der Waals surface area contributed by atoms with Crippen LogP contribution in [0.15, 0.2) is 45.9 Å². The second kappa shape index (κ2) is 12.0. The Kier molecular flexibility index (Phi) is 10.4. The zero-order chi connectivity index (χ0) is 18.7. The smallest absolute Gasteiger partial charge is 0.252 e. The predicted molar refractivity (Wildman–Crippen MR) is 108 cm³/mol. The van der Waals surface area contributed by atoms with Crippen molar-refractivity contribution in [3.8, 4) is 0 Å². The average molecular weight is 490 g/mol. The molecule has 0 bridgehead atoms. The van der Waals surface area contributed by atoms with Gasteiger partial charge in [0, 0.05) is 46.8 Å². The summed E-state index contributed by atoms with van der Waals surface area (Å²) in [6, 6.07) is 3.40.